The zero-order valence-corrected chi connectivity index (χ0v) is 20.2. The first-order valence-electron chi connectivity index (χ1n) is 12.9. The third-order valence-corrected chi connectivity index (χ3v) is 7.12. The van der Waals surface area contributed by atoms with E-state index in [0.717, 1.165) is 38.2 Å². The first-order valence-corrected chi connectivity index (χ1v) is 12.9. The number of carboxylic acid groups (broad SMARTS) is 1. The number of piperidine rings is 1. The summed E-state index contributed by atoms with van der Waals surface area (Å²) in [5.74, 6) is 0.229. The SMILES string of the molecule is O=C(NCCNC(=O)N1CCC(OCC2CC2)CC1)c1ccc(OC2CCC(C(=O)O)CC2)cc1. The van der Waals surface area contributed by atoms with Crippen molar-refractivity contribution in [2.45, 2.75) is 63.6 Å². The Kier molecular flexibility index (Phi) is 8.84. The highest BCUT2D eigenvalue weighted by molar-refractivity contribution is 5.94. The summed E-state index contributed by atoms with van der Waals surface area (Å²) in [4.78, 5) is 37.6. The lowest BCUT2D eigenvalue weighted by Crippen LogP contribution is -2.47. The number of carbonyl (C=O) groups is 3. The zero-order chi connectivity index (χ0) is 24.6. The van der Waals surface area contributed by atoms with Crippen LogP contribution in [0.3, 0.4) is 0 Å². The molecule has 35 heavy (non-hydrogen) atoms. The van der Waals surface area contributed by atoms with Gasteiger partial charge in [-0.25, -0.2) is 4.79 Å². The first kappa shape index (κ1) is 25.3. The van der Waals surface area contributed by atoms with Gasteiger partial charge in [0.15, 0.2) is 0 Å². The highest BCUT2D eigenvalue weighted by Gasteiger charge is 2.28. The summed E-state index contributed by atoms with van der Waals surface area (Å²) in [6.07, 6.45) is 7.30. The molecule has 2 aliphatic carbocycles. The average Bonchev–Trinajstić information content (AvgIpc) is 3.71. The number of carboxylic acids is 1. The van der Waals surface area contributed by atoms with Crippen LogP contribution in [0, 0.1) is 11.8 Å². The maximum atomic E-state index is 12.4. The Balaban J connectivity index is 1.09. The van der Waals surface area contributed by atoms with E-state index < -0.39 is 5.97 Å². The second kappa shape index (κ2) is 12.2. The summed E-state index contributed by atoms with van der Waals surface area (Å²) >= 11 is 0. The van der Waals surface area contributed by atoms with Gasteiger partial charge in [0, 0.05) is 38.3 Å². The standard InChI is InChI=1S/C26H37N3O6/c30-24(19-3-7-22(8-4-19)35-23-9-5-20(6-10-23)25(31)32)27-13-14-28-26(33)29-15-11-21(12-16-29)34-17-18-1-2-18/h3-4,7-8,18,20-21,23H,1-2,5-6,9-17H2,(H,27,30)(H,28,33)(H,31,32). The van der Waals surface area contributed by atoms with Crippen LogP contribution in [-0.2, 0) is 9.53 Å². The van der Waals surface area contributed by atoms with Crippen LogP contribution >= 0.6 is 0 Å². The van der Waals surface area contributed by atoms with Crippen molar-refractivity contribution >= 4 is 17.9 Å². The van der Waals surface area contributed by atoms with Crippen molar-refractivity contribution in [3.63, 3.8) is 0 Å². The lowest BCUT2D eigenvalue weighted by molar-refractivity contribution is -0.143. The van der Waals surface area contributed by atoms with Crippen molar-refractivity contribution in [3.05, 3.63) is 29.8 Å². The largest absolute Gasteiger partial charge is 0.490 e. The normalized spacial score (nSPS) is 22.9. The van der Waals surface area contributed by atoms with E-state index >= 15 is 0 Å². The van der Waals surface area contributed by atoms with E-state index in [9.17, 15) is 14.4 Å². The molecular formula is C26H37N3O6. The molecule has 3 amide bonds. The molecule has 9 heteroatoms. The average molecular weight is 488 g/mol. The summed E-state index contributed by atoms with van der Waals surface area (Å²) in [5.41, 5.74) is 0.520. The summed E-state index contributed by atoms with van der Waals surface area (Å²) in [6, 6.07) is 6.85. The molecule has 3 aliphatic rings. The zero-order valence-electron chi connectivity index (χ0n) is 20.2. The number of nitrogens with one attached hydrogen (secondary N) is 2. The molecule has 0 unspecified atom stereocenters. The van der Waals surface area contributed by atoms with Gasteiger partial charge < -0.3 is 30.1 Å². The van der Waals surface area contributed by atoms with Crippen LogP contribution in [0.5, 0.6) is 5.75 Å². The summed E-state index contributed by atoms with van der Waals surface area (Å²) in [5, 5.41) is 14.8. The van der Waals surface area contributed by atoms with Gasteiger partial charge in [0.25, 0.3) is 5.91 Å². The number of urea groups is 1. The minimum absolute atomic E-state index is 0.00921. The fraction of sp³-hybridized carbons (Fsp3) is 0.654. The third-order valence-electron chi connectivity index (χ3n) is 7.12. The highest BCUT2D eigenvalue weighted by Crippen LogP contribution is 2.30. The number of likely N-dealkylation sites (tertiary alicyclic amines) is 1. The molecule has 9 nitrogen and oxygen atoms in total. The molecule has 3 fully saturated rings. The Bertz CT molecular complexity index is 856. The van der Waals surface area contributed by atoms with Crippen molar-refractivity contribution in [1.29, 1.82) is 0 Å². The number of hydrogen-bond donors (Lipinski definition) is 3. The molecule has 0 aromatic heterocycles. The molecular weight excluding hydrogens is 450 g/mol. The maximum absolute atomic E-state index is 12.4. The number of benzene rings is 1. The van der Waals surface area contributed by atoms with E-state index in [1.807, 2.05) is 4.90 Å². The molecule has 1 aliphatic heterocycles. The van der Waals surface area contributed by atoms with Gasteiger partial charge in [-0.2, -0.15) is 0 Å². The predicted molar refractivity (Wildman–Crippen MR) is 129 cm³/mol. The topological polar surface area (TPSA) is 117 Å². The molecule has 0 bridgehead atoms. The second-order valence-corrected chi connectivity index (χ2v) is 9.91. The van der Waals surface area contributed by atoms with Gasteiger partial charge >= 0.3 is 12.0 Å². The maximum Gasteiger partial charge on any atom is 0.317 e. The number of carbonyl (C=O) groups excluding carboxylic acids is 2. The van der Waals surface area contributed by atoms with Crippen LogP contribution < -0.4 is 15.4 Å². The van der Waals surface area contributed by atoms with Crippen molar-refractivity contribution in [2.24, 2.45) is 11.8 Å². The van der Waals surface area contributed by atoms with Gasteiger partial charge in [0.1, 0.15) is 5.75 Å². The molecule has 0 spiro atoms. The van der Waals surface area contributed by atoms with E-state index in [-0.39, 0.29) is 30.1 Å². The third kappa shape index (κ3) is 7.85. The quantitative estimate of drug-likeness (QED) is 0.437. The Hall–Kier alpha value is -2.81. The fourth-order valence-corrected chi connectivity index (χ4v) is 4.65. The van der Waals surface area contributed by atoms with E-state index in [2.05, 4.69) is 10.6 Å². The Morgan fingerprint density at radius 2 is 1.51 bits per heavy atom. The Morgan fingerprint density at radius 1 is 0.857 bits per heavy atom. The van der Waals surface area contributed by atoms with Crippen molar-refractivity contribution in [3.8, 4) is 5.75 Å². The molecule has 192 valence electrons. The van der Waals surface area contributed by atoms with Gasteiger partial charge in [-0.05, 0) is 81.5 Å². The monoisotopic (exact) mass is 487 g/mol. The van der Waals surface area contributed by atoms with Crippen LogP contribution in [0.25, 0.3) is 0 Å². The fourth-order valence-electron chi connectivity index (χ4n) is 4.65. The van der Waals surface area contributed by atoms with E-state index in [1.165, 1.54) is 12.8 Å². The summed E-state index contributed by atoms with van der Waals surface area (Å²) in [7, 11) is 0. The molecule has 1 heterocycles. The minimum Gasteiger partial charge on any atom is -0.490 e. The first-order chi connectivity index (χ1) is 17.0. The van der Waals surface area contributed by atoms with E-state index in [1.54, 1.807) is 24.3 Å². The lowest BCUT2D eigenvalue weighted by atomic mass is 9.87. The van der Waals surface area contributed by atoms with Crippen LogP contribution in [0.4, 0.5) is 4.79 Å². The van der Waals surface area contributed by atoms with E-state index in [4.69, 9.17) is 14.6 Å². The minimum atomic E-state index is -0.729. The molecule has 0 atom stereocenters. The van der Waals surface area contributed by atoms with Crippen molar-refractivity contribution in [1.82, 2.24) is 15.5 Å². The smallest absolute Gasteiger partial charge is 0.317 e. The number of hydrogen-bond acceptors (Lipinski definition) is 5. The molecule has 0 radical (unpaired) electrons. The van der Waals surface area contributed by atoms with Gasteiger partial charge in [-0.1, -0.05) is 0 Å². The molecule has 1 saturated heterocycles. The Morgan fingerprint density at radius 3 is 2.14 bits per heavy atom. The van der Waals surface area contributed by atoms with Gasteiger partial charge in [0.05, 0.1) is 18.1 Å². The van der Waals surface area contributed by atoms with Gasteiger partial charge in [-0.3, -0.25) is 9.59 Å². The van der Waals surface area contributed by atoms with Gasteiger partial charge in [0.2, 0.25) is 0 Å². The predicted octanol–water partition coefficient (Wildman–Crippen LogP) is 3.04. The molecule has 1 aromatic carbocycles. The van der Waals surface area contributed by atoms with Crippen molar-refractivity contribution in [2.75, 3.05) is 32.8 Å². The highest BCUT2D eigenvalue weighted by atomic mass is 16.5. The number of amides is 3. The van der Waals surface area contributed by atoms with Crippen LogP contribution in [-0.4, -0.2) is 72.9 Å². The van der Waals surface area contributed by atoms with Crippen LogP contribution in [0.2, 0.25) is 0 Å². The molecule has 4 rings (SSSR count). The second-order valence-electron chi connectivity index (χ2n) is 9.91. The molecule has 2 saturated carbocycles. The number of rotatable bonds is 10. The Labute approximate surface area is 206 Å². The van der Waals surface area contributed by atoms with Crippen molar-refractivity contribution < 1.29 is 29.0 Å². The summed E-state index contributed by atoms with van der Waals surface area (Å²) < 4.78 is 11.9. The molecule has 3 N–H and O–H groups in total. The molecule has 1 aromatic rings. The number of ether oxygens (including phenoxy) is 2. The van der Waals surface area contributed by atoms with Gasteiger partial charge in [-0.15, -0.1) is 0 Å². The van der Waals surface area contributed by atoms with Crippen LogP contribution in [0.15, 0.2) is 24.3 Å². The lowest BCUT2D eigenvalue weighted by Gasteiger charge is -2.32. The number of nitrogens with zero attached hydrogens (tertiary/aromatic N) is 1. The van der Waals surface area contributed by atoms with E-state index in [0.29, 0.717) is 50.3 Å². The van der Waals surface area contributed by atoms with Crippen LogP contribution in [0.1, 0.15) is 61.7 Å². The summed E-state index contributed by atoms with van der Waals surface area (Å²) in [6.45, 7) is 2.97. The number of aliphatic carboxylic acids is 1.